The molecule has 0 radical (unpaired) electrons. The Bertz CT molecular complexity index is 1490. The molecule has 1 aliphatic heterocycles. The molecule has 0 amide bonds. The molecule has 174 valence electrons. The summed E-state index contributed by atoms with van der Waals surface area (Å²) >= 11 is 1.64. The molecule has 1 saturated carbocycles. The Balaban J connectivity index is 1.31. The van der Waals surface area contributed by atoms with Crippen molar-refractivity contribution >= 4 is 38.3 Å². The van der Waals surface area contributed by atoms with Gasteiger partial charge in [0.15, 0.2) is 0 Å². The Hall–Kier alpha value is -2.97. The average molecular weight is 474 g/mol. The number of fused-ring (bicyclic) bond motifs is 3. The van der Waals surface area contributed by atoms with Crippen LogP contribution in [-0.2, 0) is 0 Å². The number of thiophene rings is 1. The van der Waals surface area contributed by atoms with Crippen LogP contribution in [0.3, 0.4) is 0 Å². The lowest BCUT2D eigenvalue weighted by Crippen LogP contribution is -2.22. The smallest absolute Gasteiger partial charge is 0.261 e. The van der Waals surface area contributed by atoms with Crippen LogP contribution in [0.5, 0.6) is 0 Å². The normalized spacial score (nSPS) is 23.2. The van der Waals surface area contributed by atoms with Gasteiger partial charge in [-0.15, -0.1) is 11.3 Å². The van der Waals surface area contributed by atoms with Crippen LogP contribution < -0.4 is 10.5 Å². The standard InChI is InChI=1S/C26H27N5O2S/c32-19-8-16-11-30(12-17(16)9-19)26-22-23(27-13-28-25(22)33)24(34-26)15-6-7-21-20(10-15)29-14-31(21)18-4-2-1-3-5-18/h6-8,10,13-14,17-19,32H,1-5,9,11-12H2,(H,27,28,33)/t17-,19-/m1/s1. The van der Waals surface area contributed by atoms with E-state index in [1.165, 1.54) is 49.5 Å². The summed E-state index contributed by atoms with van der Waals surface area (Å²) in [6, 6.07) is 7.02. The minimum atomic E-state index is -0.331. The first-order chi connectivity index (χ1) is 16.7. The molecule has 0 unspecified atom stereocenters. The van der Waals surface area contributed by atoms with Gasteiger partial charge in [-0.1, -0.05) is 31.4 Å². The lowest BCUT2D eigenvalue weighted by atomic mass is 9.95. The van der Waals surface area contributed by atoms with Gasteiger partial charge in [0, 0.05) is 25.0 Å². The van der Waals surface area contributed by atoms with E-state index >= 15 is 0 Å². The van der Waals surface area contributed by atoms with Crippen LogP contribution in [0.4, 0.5) is 5.00 Å². The van der Waals surface area contributed by atoms with Gasteiger partial charge in [0.2, 0.25) is 0 Å². The minimum Gasteiger partial charge on any atom is -0.389 e. The van der Waals surface area contributed by atoms with Gasteiger partial charge in [0.1, 0.15) is 10.4 Å². The molecular weight excluding hydrogens is 446 g/mol. The zero-order valence-corrected chi connectivity index (χ0v) is 19.7. The fraction of sp³-hybridized carbons (Fsp3) is 0.423. The third-order valence-electron chi connectivity index (χ3n) is 7.84. The second-order valence-electron chi connectivity index (χ2n) is 9.96. The fourth-order valence-corrected chi connectivity index (χ4v) is 7.43. The Morgan fingerprint density at radius 3 is 2.88 bits per heavy atom. The average Bonchev–Trinajstić information content (AvgIpc) is 3.60. The van der Waals surface area contributed by atoms with Crippen LogP contribution in [0, 0.1) is 5.92 Å². The summed E-state index contributed by atoms with van der Waals surface area (Å²) in [7, 11) is 0. The van der Waals surface area contributed by atoms with Crippen molar-refractivity contribution in [1.82, 2.24) is 19.5 Å². The second kappa shape index (κ2) is 7.78. The number of hydrogen-bond acceptors (Lipinski definition) is 6. The predicted octanol–water partition coefficient (Wildman–Crippen LogP) is 4.63. The number of nitrogens with zero attached hydrogens (tertiary/aromatic N) is 4. The molecule has 2 N–H and O–H groups in total. The lowest BCUT2D eigenvalue weighted by Gasteiger charge is -2.23. The minimum absolute atomic E-state index is 0.101. The zero-order valence-electron chi connectivity index (χ0n) is 18.9. The summed E-state index contributed by atoms with van der Waals surface area (Å²) in [5.74, 6) is 0.367. The zero-order chi connectivity index (χ0) is 22.8. The first-order valence-electron chi connectivity index (χ1n) is 12.3. The van der Waals surface area contributed by atoms with E-state index in [-0.39, 0.29) is 11.7 Å². The Kier molecular flexibility index (Phi) is 4.67. The molecule has 1 aromatic carbocycles. The third-order valence-corrected chi connectivity index (χ3v) is 9.13. The lowest BCUT2D eigenvalue weighted by molar-refractivity contribution is 0.211. The number of anilines is 1. The quantitative estimate of drug-likeness (QED) is 0.424. The summed E-state index contributed by atoms with van der Waals surface area (Å²) in [5, 5.41) is 11.6. The van der Waals surface area contributed by atoms with Crippen molar-refractivity contribution in [3.05, 3.63) is 52.9 Å². The highest BCUT2D eigenvalue weighted by Crippen LogP contribution is 2.45. The van der Waals surface area contributed by atoms with Crippen molar-refractivity contribution in [2.75, 3.05) is 18.0 Å². The molecule has 3 aliphatic rings. The van der Waals surface area contributed by atoms with Crippen molar-refractivity contribution in [2.45, 2.75) is 50.7 Å². The predicted molar refractivity (Wildman–Crippen MR) is 135 cm³/mol. The molecule has 8 heteroatoms. The molecule has 2 aliphatic carbocycles. The fourth-order valence-electron chi connectivity index (χ4n) is 6.18. The molecule has 2 atom stereocenters. The van der Waals surface area contributed by atoms with Gasteiger partial charge in [0.25, 0.3) is 5.56 Å². The highest BCUT2D eigenvalue weighted by atomic mass is 32.1. The van der Waals surface area contributed by atoms with Crippen molar-refractivity contribution < 1.29 is 5.11 Å². The first-order valence-corrected chi connectivity index (χ1v) is 13.1. The van der Waals surface area contributed by atoms with Crippen molar-refractivity contribution in [2.24, 2.45) is 5.92 Å². The van der Waals surface area contributed by atoms with E-state index in [9.17, 15) is 9.90 Å². The van der Waals surface area contributed by atoms with Gasteiger partial charge in [-0.2, -0.15) is 0 Å². The Morgan fingerprint density at radius 1 is 1.15 bits per heavy atom. The summed E-state index contributed by atoms with van der Waals surface area (Å²) in [6.45, 7) is 1.59. The van der Waals surface area contributed by atoms with E-state index < -0.39 is 0 Å². The number of nitrogens with one attached hydrogen (secondary N) is 1. The monoisotopic (exact) mass is 473 g/mol. The van der Waals surface area contributed by atoms with Gasteiger partial charge in [0.05, 0.1) is 40.2 Å². The number of H-pyrrole nitrogens is 1. The topological polar surface area (TPSA) is 87.0 Å². The molecule has 0 spiro atoms. The molecule has 4 heterocycles. The van der Waals surface area contributed by atoms with Gasteiger partial charge in [-0.3, -0.25) is 4.79 Å². The van der Waals surface area contributed by atoms with Crippen molar-refractivity contribution in [3.8, 4) is 10.4 Å². The maximum atomic E-state index is 12.9. The number of hydrogen-bond donors (Lipinski definition) is 2. The van der Waals surface area contributed by atoms with E-state index in [1.807, 2.05) is 12.4 Å². The Morgan fingerprint density at radius 2 is 2.03 bits per heavy atom. The van der Waals surface area contributed by atoms with Crippen LogP contribution in [0.15, 0.2) is 47.3 Å². The van der Waals surface area contributed by atoms with E-state index in [4.69, 9.17) is 4.98 Å². The highest BCUT2D eigenvalue weighted by Gasteiger charge is 2.35. The summed E-state index contributed by atoms with van der Waals surface area (Å²) < 4.78 is 2.35. The molecule has 7 nitrogen and oxygen atoms in total. The summed E-state index contributed by atoms with van der Waals surface area (Å²) in [4.78, 5) is 28.3. The summed E-state index contributed by atoms with van der Waals surface area (Å²) in [5.41, 5.74) is 5.16. The van der Waals surface area contributed by atoms with Crippen molar-refractivity contribution in [3.63, 3.8) is 0 Å². The van der Waals surface area contributed by atoms with Crippen LogP contribution in [-0.4, -0.2) is 43.8 Å². The Labute approximate surface area is 200 Å². The number of imidazole rings is 1. The van der Waals surface area contributed by atoms with E-state index in [0.717, 1.165) is 46.0 Å². The van der Waals surface area contributed by atoms with Crippen molar-refractivity contribution in [1.29, 1.82) is 0 Å². The van der Waals surface area contributed by atoms with Crippen LogP contribution in [0.2, 0.25) is 0 Å². The SMILES string of the molecule is O=c1[nH]cnc2c(-c3ccc4c(c3)ncn4C3CCCCC3)sc(N3CC4=C[C@@H](O)C[C@@H]4C3)c12. The number of benzene rings is 1. The van der Waals surface area contributed by atoms with E-state index in [0.29, 0.717) is 17.3 Å². The maximum absolute atomic E-state index is 12.9. The number of aromatic nitrogens is 4. The third kappa shape index (κ3) is 3.15. The van der Waals surface area contributed by atoms with Gasteiger partial charge in [-0.05, 0) is 42.5 Å². The molecular formula is C26H27N5O2S. The number of aliphatic hydroxyl groups is 1. The molecule has 3 aromatic heterocycles. The number of rotatable bonds is 3. The first kappa shape index (κ1) is 20.4. The van der Waals surface area contributed by atoms with E-state index in [2.05, 4.69) is 37.6 Å². The largest absolute Gasteiger partial charge is 0.389 e. The molecule has 0 bridgehead atoms. The molecule has 34 heavy (non-hydrogen) atoms. The maximum Gasteiger partial charge on any atom is 0.261 e. The number of aliphatic hydroxyl groups excluding tert-OH is 1. The van der Waals surface area contributed by atoms with Crippen LogP contribution >= 0.6 is 11.3 Å². The molecule has 2 fully saturated rings. The van der Waals surface area contributed by atoms with Crippen LogP contribution in [0.25, 0.3) is 32.4 Å². The van der Waals surface area contributed by atoms with Gasteiger partial charge < -0.3 is 19.6 Å². The molecule has 1 saturated heterocycles. The van der Waals surface area contributed by atoms with Gasteiger partial charge >= 0.3 is 0 Å². The highest BCUT2D eigenvalue weighted by molar-refractivity contribution is 7.21. The summed E-state index contributed by atoms with van der Waals surface area (Å²) in [6.07, 6.45) is 12.3. The van der Waals surface area contributed by atoms with E-state index in [1.54, 1.807) is 11.3 Å². The van der Waals surface area contributed by atoms with Crippen LogP contribution in [0.1, 0.15) is 44.6 Å². The van der Waals surface area contributed by atoms with Gasteiger partial charge in [-0.25, -0.2) is 9.97 Å². The second-order valence-corrected chi connectivity index (χ2v) is 11.0. The molecule has 7 rings (SSSR count). The molecule has 4 aromatic rings. The number of aromatic amines is 1.